The molecule has 2 aromatic heterocycles. The summed E-state index contributed by atoms with van der Waals surface area (Å²) in [5.41, 5.74) is 0.658. The molecule has 1 unspecified atom stereocenters. The molecule has 1 aliphatic heterocycles. The van der Waals surface area contributed by atoms with Crippen molar-refractivity contribution in [2.45, 2.75) is 25.3 Å². The lowest BCUT2D eigenvalue weighted by Crippen LogP contribution is -2.33. The van der Waals surface area contributed by atoms with E-state index in [1.807, 2.05) is 6.07 Å². The number of rotatable bonds is 2. The molecule has 1 fully saturated rings. The van der Waals surface area contributed by atoms with E-state index in [1.165, 1.54) is 0 Å². The van der Waals surface area contributed by atoms with Crippen LogP contribution in [-0.2, 0) is 5.54 Å². The quantitative estimate of drug-likeness (QED) is 0.923. The molecule has 1 atom stereocenters. The molecule has 1 aliphatic rings. The fourth-order valence-electron chi connectivity index (χ4n) is 2.18. The first-order valence-electron chi connectivity index (χ1n) is 5.87. The van der Waals surface area contributed by atoms with Gasteiger partial charge in [-0.15, -0.1) is 0 Å². The third kappa shape index (κ3) is 2.06. The zero-order valence-electron chi connectivity index (χ0n) is 9.98. The topological polar surface area (TPSA) is 63.8 Å². The highest BCUT2D eigenvalue weighted by Crippen LogP contribution is 2.30. The van der Waals surface area contributed by atoms with Crippen LogP contribution in [0.1, 0.15) is 25.7 Å². The predicted molar refractivity (Wildman–Crippen MR) is 69.8 cm³/mol. The zero-order valence-corrected chi connectivity index (χ0v) is 11.6. The molecule has 0 amide bonds. The third-order valence-corrected chi connectivity index (χ3v) is 3.66. The molecule has 94 valence electrons. The van der Waals surface area contributed by atoms with Crippen LogP contribution in [-0.4, -0.2) is 21.7 Å². The summed E-state index contributed by atoms with van der Waals surface area (Å²) in [4.78, 5) is 8.57. The second kappa shape index (κ2) is 4.44. The zero-order chi connectivity index (χ0) is 12.6. The Morgan fingerprint density at radius 3 is 3.06 bits per heavy atom. The van der Waals surface area contributed by atoms with Gasteiger partial charge in [-0.2, -0.15) is 4.98 Å². The van der Waals surface area contributed by atoms with Crippen LogP contribution in [0.25, 0.3) is 11.4 Å². The Hall–Kier alpha value is -1.27. The molecule has 0 spiro atoms. The lowest BCUT2D eigenvalue weighted by atomic mass is 10.0. The standard InChI is InChI=1S/C12H13BrN4O/c1-12(3-2-4-15-12)11-16-10(17-18-11)8-5-9(13)7-14-6-8/h5-7,15H,2-4H2,1H3. The maximum Gasteiger partial charge on any atom is 0.246 e. The van der Waals surface area contributed by atoms with Gasteiger partial charge in [0.05, 0.1) is 5.54 Å². The largest absolute Gasteiger partial charge is 0.337 e. The van der Waals surface area contributed by atoms with E-state index >= 15 is 0 Å². The number of pyridine rings is 1. The average molecular weight is 309 g/mol. The van der Waals surface area contributed by atoms with Gasteiger partial charge in [-0.3, -0.25) is 4.98 Å². The smallest absolute Gasteiger partial charge is 0.246 e. The van der Waals surface area contributed by atoms with Gasteiger partial charge < -0.3 is 9.84 Å². The van der Waals surface area contributed by atoms with Crippen LogP contribution in [0.4, 0.5) is 0 Å². The van der Waals surface area contributed by atoms with E-state index in [9.17, 15) is 0 Å². The van der Waals surface area contributed by atoms with Crippen molar-refractivity contribution in [3.05, 3.63) is 28.8 Å². The van der Waals surface area contributed by atoms with Crippen LogP contribution in [0.2, 0.25) is 0 Å². The van der Waals surface area contributed by atoms with Crippen LogP contribution >= 0.6 is 15.9 Å². The van der Waals surface area contributed by atoms with Crippen molar-refractivity contribution in [2.24, 2.45) is 0 Å². The Balaban J connectivity index is 1.94. The van der Waals surface area contributed by atoms with Crippen molar-refractivity contribution in [3.8, 4) is 11.4 Å². The molecule has 0 aliphatic carbocycles. The highest BCUT2D eigenvalue weighted by Gasteiger charge is 2.35. The maximum absolute atomic E-state index is 5.38. The number of nitrogens with zero attached hydrogens (tertiary/aromatic N) is 3. The minimum atomic E-state index is -0.190. The van der Waals surface area contributed by atoms with Gasteiger partial charge in [-0.05, 0) is 48.3 Å². The van der Waals surface area contributed by atoms with Gasteiger partial charge in [0.15, 0.2) is 0 Å². The van der Waals surface area contributed by atoms with Crippen molar-refractivity contribution < 1.29 is 4.52 Å². The van der Waals surface area contributed by atoms with Crippen molar-refractivity contribution in [1.29, 1.82) is 0 Å². The molecule has 1 N–H and O–H groups in total. The second-order valence-electron chi connectivity index (χ2n) is 4.68. The van der Waals surface area contributed by atoms with Gasteiger partial charge in [0.25, 0.3) is 0 Å². The van der Waals surface area contributed by atoms with Crippen LogP contribution < -0.4 is 5.32 Å². The molecule has 18 heavy (non-hydrogen) atoms. The SMILES string of the molecule is CC1(c2nc(-c3cncc(Br)c3)no2)CCCN1. The van der Waals surface area contributed by atoms with Gasteiger partial charge >= 0.3 is 0 Å². The summed E-state index contributed by atoms with van der Waals surface area (Å²) < 4.78 is 6.28. The summed E-state index contributed by atoms with van der Waals surface area (Å²) in [5.74, 6) is 1.23. The number of hydrogen-bond acceptors (Lipinski definition) is 5. The molecule has 0 aromatic carbocycles. The van der Waals surface area contributed by atoms with Gasteiger partial charge in [0.1, 0.15) is 0 Å². The summed E-state index contributed by atoms with van der Waals surface area (Å²) >= 11 is 3.38. The fraction of sp³-hybridized carbons (Fsp3) is 0.417. The van der Waals surface area contributed by atoms with E-state index in [2.05, 4.69) is 43.3 Å². The second-order valence-corrected chi connectivity index (χ2v) is 5.59. The Morgan fingerprint density at radius 2 is 2.33 bits per heavy atom. The third-order valence-electron chi connectivity index (χ3n) is 3.23. The number of nitrogens with one attached hydrogen (secondary N) is 1. The summed E-state index contributed by atoms with van der Waals surface area (Å²) in [7, 11) is 0. The molecule has 6 heteroatoms. The summed E-state index contributed by atoms with van der Waals surface area (Å²) in [6, 6.07) is 1.92. The molecule has 5 nitrogen and oxygen atoms in total. The van der Waals surface area contributed by atoms with E-state index in [4.69, 9.17) is 4.52 Å². The molecule has 3 heterocycles. The highest BCUT2D eigenvalue weighted by atomic mass is 79.9. The Bertz CT molecular complexity index is 563. The first kappa shape index (κ1) is 11.8. The van der Waals surface area contributed by atoms with Gasteiger partial charge in [0, 0.05) is 22.4 Å². The van der Waals surface area contributed by atoms with E-state index in [-0.39, 0.29) is 5.54 Å². The first-order valence-corrected chi connectivity index (χ1v) is 6.67. The molecule has 1 saturated heterocycles. The number of hydrogen-bond donors (Lipinski definition) is 1. The number of aromatic nitrogens is 3. The van der Waals surface area contributed by atoms with E-state index in [0.717, 1.165) is 29.4 Å². The lowest BCUT2D eigenvalue weighted by Gasteiger charge is -2.18. The predicted octanol–water partition coefficient (Wildman–Crippen LogP) is 2.49. The summed E-state index contributed by atoms with van der Waals surface area (Å²) in [6.07, 6.45) is 5.60. The number of halogens is 1. The molecular formula is C12H13BrN4O. The average Bonchev–Trinajstić information content (AvgIpc) is 2.98. The van der Waals surface area contributed by atoms with Crippen molar-refractivity contribution >= 4 is 15.9 Å². The Labute approximate surface area is 113 Å². The van der Waals surface area contributed by atoms with Crippen LogP contribution in [0, 0.1) is 0 Å². The van der Waals surface area contributed by atoms with Crippen LogP contribution in [0.15, 0.2) is 27.5 Å². The fourth-order valence-corrected chi connectivity index (χ4v) is 2.54. The van der Waals surface area contributed by atoms with Crippen LogP contribution in [0.3, 0.4) is 0 Å². The lowest BCUT2D eigenvalue weighted by molar-refractivity contribution is 0.275. The van der Waals surface area contributed by atoms with Crippen LogP contribution in [0.5, 0.6) is 0 Å². The van der Waals surface area contributed by atoms with E-state index in [0.29, 0.717) is 11.7 Å². The molecule has 0 radical (unpaired) electrons. The van der Waals surface area contributed by atoms with Crippen molar-refractivity contribution in [3.63, 3.8) is 0 Å². The highest BCUT2D eigenvalue weighted by molar-refractivity contribution is 9.10. The molecule has 0 bridgehead atoms. The van der Waals surface area contributed by atoms with Gasteiger partial charge in [-0.1, -0.05) is 5.16 Å². The molecule has 0 saturated carbocycles. The first-order chi connectivity index (χ1) is 8.67. The van der Waals surface area contributed by atoms with Gasteiger partial charge in [0.2, 0.25) is 11.7 Å². The Kier molecular flexibility index (Phi) is 2.91. The monoisotopic (exact) mass is 308 g/mol. The maximum atomic E-state index is 5.38. The van der Waals surface area contributed by atoms with Gasteiger partial charge in [-0.25, -0.2) is 0 Å². The molecular weight excluding hydrogens is 296 g/mol. The molecule has 3 rings (SSSR count). The summed E-state index contributed by atoms with van der Waals surface area (Å²) in [5, 5.41) is 7.43. The normalized spacial score (nSPS) is 23.4. The summed E-state index contributed by atoms with van der Waals surface area (Å²) in [6.45, 7) is 3.09. The van der Waals surface area contributed by atoms with E-state index in [1.54, 1.807) is 12.4 Å². The molecule has 2 aromatic rings. The Morgan fingerprint density at radius 1 is 1.44 bits per heavy atom. The minimum Gasteiger partial charge on any atom is -0.337 e. The van der Waals surface area contributed by atoms with E-state index < -0.39 is 0 Å². The van der Waals surface area contributed by atoms with Crippen molar-refractivity contribution in [1.82, 2.24) is 20.4 Å². The van der Waals surface area contributed by atoms with Crippen molar-refractivity contribution in [2.75, 3.05) is 6.54 Å². The minimum absolute atomic E-state index is 0.190.